The first-order valence-corrected chi connectivity index (χ1v) is 31.1. The van der Waals surface area contributed by atoms with Gasteiger partial charge in [0.15, 0.2) is 17.4 Å². The zero-order chi connectivity index (χ0) is 62.5. The van der Waals surface area contributed by atoms with Crippen LogP contribution < -0.4 is 0 Å². The van der Waals surface area contributed by atoms with Crippen molar-refractivity contribution in [2.24, 2.45) is 23.7 Å². The fourth-order valence-corrected chi connectivity index (χ4v) is 14.3. The number of ketones is 1. The number of ether oxygens (including phenoxy) is 10. The minimum absolute atomic E-state index is 0.0122. The van der Waals surface area contributed by atoms with E-state index >= 15 is 0 Å². The number of aliphatic hydroxyl groups excluding tert-OH is 5. The van der Waals surface area contributed by atoms with E-state index in [2.05, 4.69) is 35.7 Å². The molecule has 6 fully saturated rings. The van der Waals surface area contributed by atoms with Gasteiger partial charge >= 0.3 is 17.9 Å². The van der Waals surface area contributed by atoms with Gasteiger partial charge in [-0.15, -0.1) is 0 Å². The Kier molecular flexibility index (Phi) is 23.7. The molecule has 85 heavy (non-hydrogen) atoms. The maximum absolute atomic E-state index is 14.5. The molecular formula is C63H95BrO21. The SMILES string of the molecule is C=C(Br)C=CC(O)CC(=C)CC1OC2C(C)C(OC(=O)CC3CC(OC(C)=O)CC4(CC(C)(O)CC(CC(=C)C(C)C(OC(C)=O)C(C)C(=O)CC5CC(OC)CC6(CC(O)CC(C=CCCCC7OC(O)(CC(O)C7C)C2O)O6)O5)O4)O3)C1O. The van der Waals surface area contributed by atoms with Crippen molar-refractivity contribution in [1.29, 1.82) is 0 Å². The summed E-state index contributed by atoms with van der Waals surface area (Å²) in [6.45, 7) is 23.3. The van der Waals surface area contributed by atoms with Gasteiger partial charge in [-0.25, -0.2) is 0 Å². The Bertz CT molecular complexity index is 2430. The van der Waals surface area contributed by atoms with Crippen LogP contribution in [-0.4, -0.2) is 187 Å². The van der Waals surface area contributed by atoms with Crippen LogP contribution in [0.25, 0.3) is 0 Å². The molecule has 22 heteroatoms. The number of hydrogen-bond donors (Lipinski definition) is 7. The number of rotatable bonds is 9. The normalized spacial score (nSPS) is 44.1. The van der Waals surface area contributed by atoms with Gasteiger partial charge in [0, 0.05) is 107 Å². The molecule has 7 N–H and O–H groups in total. The lowest BCUT2D eigenvalue weighted by Crippen LogP contribution is -2.65. The molecule has 7 aliphatic heterocycles. The third-order valence-electron chi connectivity index (χ3n) is 18.3. The monoisotopic (exact) mass is 1270 g/mol. The first kappa shape index (κ1) is 69.2. The Hall–Kier alpha value is -3.30. The molecule has 2 spiro atoms. The molecule has 7 heterocycles. The lowest BCUT2D eigenvalue weighted by atomic mass is 9.78. The molecule has 0 amide bonds. The van der Waals surface area contributed by atoms with Crippen LogP contribution in [0.4, 0.5) is 0 Å². The number of aliphatic hydroxyl groups is 7. The number of methoxy groups -OCH3 is 1. The van der Waals surface area contributed by atoms with Crippen LogP contribution in [0.5, 0.6) is 0 Å². The minimum Gasteiger partial charge on any atom is -0.462 e. The number of carbonyl (C=O) groups is 4. The highest BCUT2D eigenvalue weighted by Gasteiger charge is 2.58. The second kappa shape index (κ2) is 29.1. The van der Waals surface area contributed by atoms with Crippen LogP contribution in [0.2, 0.25) is 0 Å². The van der Waals surface area contributed by atoms with Gasteiger partial charge in [0.1, 0.15) is 36.3 Å². The van der Waals surface area contributed by atoms with Crippen LogP contribution in [0.3, 0.4) is 0 Å². The smallest absolute Gasteiger partial charge is 0.308 e. The number of carbonyl (C=O) groups excluding carboxylic acids is 4. The molecule has 0 aromatic rings. The topological polar surface area (TPSA) is 302 Å². The highest BCUT2D eigenvalue weighted by molar-refractivity contribution is 9.11. The molecule has 0 aliphatic carbocycles. The van der Waals surface area contributed by atoms with E-state index in [0.717, 1.165) is 0 Å². The standard InChI is InChI=1S/C63H95BrO21/c1-33(19-42(67)18-17-35(3)64)20-53-55(72)57-39(7)58(79-53)59(73)63(75)31-51(70)37(5)52(85-63)16-14-12-13-15-44-22-43(68)27-61(81-44)29-47(76-11)23-45(82-61)25-50(69)38(6)56(78-41(9)66)36(4)34(2)21-49-28-60(10,74)32-62(84-49)30-48(77-40(8)65)24-46(83-62)26-54(71)80-57/h13,15,17-18,36-39,42-49,51-53,55-59,67-68,70,72-75H,1-3,12,14,16,19-32H2,4-11H3. The Morgan fingerprint density at radius 1 is 0.812 bits per heavy atom. The first-order chi connectivity index (χ1) is 39.8. The van der Waals surface area contributed by atoms with Crippen LogP contribution in [-0.2, 0) is 66.5 Å². The fraction of sp³-hybridized carbons (Fsp3) is 0.778. The maximum Gasteiger partial charge on any atom is 0.308 e. The molecule has 21 nitrogen and oxygen atoms in total. The molecule has 24 unspecified atom stereocenters. The third-order valence-corrected chi connectivity index (χ3v) is 18.6. The van der Waals surface area contributed by atoms with Crippen LogP contribution in [0.1, 0.15) is 158 Å². The summed E-state index contributed by atoms with van der Waals surface area (Å²) in [5.74, 6) is -10.7. The Morgan fingerprint density at radius 3 is 2.15 bits per heavy atom. The average Bonchev–Trinajstić information content (AvgIpc) is 1.35. The van der Waals surface area contributed by atoms with Crippen LogP contribution in [0.15, 0.2) is 59.7 Å². The van der Waals surface area contributed by atoms with Crippen molar-refractivity contribution in [3.05, 3.63) is 59.7 Å². The molecule has 24 atom stereocenters. The molecule has 6 saturated heterocycles. The molecule has 7 aliphatic rings. The summed E-state index contributed by atoms with van der Waals surface area (Å²) < 4.78 is 64.0. The van der Waals surface area contributed by atoms with Crippen molar-refractivity contribution < 1.29 is 102 Å². The Labute approximate surface area is 508 Å². The van der Waals surface area contributed by atoms with E-state index in [-0.39, 0.29) is 76.1 Å². The van der Waals surface area contributed by atoms with Gasteiger partial charge in [-0.2, -0.15) is 0 Å². The van der Waals surface area contributed by atoms with Crippen LogP contribution in [0, 0.1) is 23.7 Å². The highest BCUT2D eigenvalue weighted by Crippen LogP contribution is 2.48. The van der Waals surface area contributed by atoms with E-state index in [1.807, 2.05) is 12.2 Å². The summed E-state index contributed by atoms with van der Waals surface area (Å²) in [5.41, 5.74) is -0.473. The van der Waals surface area contributed by atoms with Gasteiger partial charge < -0.3 is 83.1 Å². The first-order valence-electron chi connectivity index (χ1n) is 30.3. The zero-order valence-corrected chi connectivity index (χ0v) is 52.3. The van der Waals surface area contributed by atoms with Crippen molar-refractivity contribution in [1.82, 2.24) is 0 Å². The van der Waals surface area contributed by atoms with Gasteiger partial charge in [0.25, 0.3) is 0 Å². The molecule has 0 aromatic carbocycles. The average molecular weight is 1270 g/mol. The van der Waals surface area contributed by atoms with Crippen molar-refractivity contribution in [3.63, 3.8) is 0 Å². The summed E-state index contributed by atoms with van der Waals surface area (Å²) >= 11 is 3.24. The number of fused-ring (bicyclic) bond motifs is 8. The van der Waals surface area contributed by atoms with Crippen LogP contribution >= 0.6 is 15.9 Å². The lowest BCUT2D eigenvalue weighted by molar-refractivity contribution is -0.351. The van der Waals surface area contributed by atoms with E-state index in [4.69, 9.17) is 47.4 Å². The molecule has 0 radical (unpaired) electrons. The largest absolute Gasteiger partial charge is 0.462 e. The molecular weight excluding hydrogens is 1170 g/mol. The van der Waals surface area contributed by atoms with E-state index in [9.17, 15) is 54.9 Å². The van der Waals surface area contributed by atoms with E-state index in [1.165, 1.54) is 19.9 Å². The lowest BCUT2D eigenvalue weighted by Gasteiger charge is -2.52. The molecule has 7 rings (SSSR count). The minimum atomic E-state index is -2.40. The summed E-state index contributed by atoms with van der Waals surface area (Å²) in [6, 6.07) is 0. The highest BCUT2D eigenvalue weighted by atomic mass is 79.9. The van der Waals surface area contributed by atoms with Crippen molar-refractivity contribution in [2.75, 3.05) is 7.11 Å². The van der Waals surface area contributed by atoms with Gasteiger partial charge in [0.05, 0.1) is 85.1 Å². The summed E-state index contributed by atoms with van der Waals surface area (Å²) in [7, 11) is 1.57. The van der Waals surface area contributed by atoms with Crippen molar-refractivity contribution in [3.8, 4) is 0 Å². The summed E-state index contributed by atoms with van der Waals surface area (Å²) in [6.07, 6.45) is -8.17. The number of hydrogen-bond acceptors (Lipinski definition) is 21. The number of halogens is 1. The third kappa shape index (κ3) is 18.2. The van der Waals surface area contributed by atoms with E-state index in [0.29, 0.717) is 47.7 Å². The maximum atomic E-state index is 14.5. The van der Waals surface area contributed by atoms with Gasteiger partial charge in [-0.1, -0.05) is 98.8 Å². The predicted molar refractivity (Wildman–Crippen MR) is 311 cm³/mol. The summed E-state index contributed by atoms with van der Waals surface area (Å²) in [4.78, 5) is 54.3. The molecule has 480 valence electrons. The fourth-order valence-electron chi connectivity index (χ4n) is 14.1. The second-order valence-electron chi connectivity index (χ2n) is 25.9. The summed E-state index contributed by atoms with van der Waals surface area (Å²) in [5, 5.41) is 82.5. The molecule has 10 bridgehead atoms. The Balaban J connectivity index is 1.22. The van der Waals surface area contributed by atoms with E-state index < -0.39 is 169 Å². The van der Waals surface area contributed by atoms with Gasteiger partial charge in [-0.05, 0) is 45.4 Å². The molecule has 0 saturated carbocycles. The quantitative estimate of drug-likeness (QED) is 0.0597. The second-order valence-corrected chi connectivity index (χ2v) is 27.0. The van der Waals surface area contributed by atoms with Gasteiger partial charge in [0.2, 0.25) is 0 Å². The van der Waals surface area contributed by atoms with Gasteiger partial charge in [-0.3, -0.25) is 19.2 Å². The van der Waals surface area contributed by atoms with E-state index in [1.54, 1.807) is 47.8 Å². The van der Waals surface area contributed by atoms with Crippen molar-refractivity contribution >= 4 is 39.6 Å². The predicted octanol–water partition coefficient (Wildman–Crippen LogP) is 6.07. The zero-order valence-electron chi connectivity index (χ0n) is 50.7. The number of allylic oxidation sites excluding steroid dienone is 3. The number of Topliss-reactive ketones (excluding diaryl/α,β-unsaturated/α-hetero) is 1. The van der Waals surface area contributed by atoms with Crippen molar-refractivity contribution in [2.45, 2.75) is 278 Å². The number of esters is 3. The Morgan fingerprint density at radius 2 is 1.47 bits per heavy atom. The molecule has 0 aromatic heterocycles.